The van der Waals surface area contributed by atoms with Gasteiger partial charge in [-0.3, -0.25) is 9.69 Å². The molecule has 0 bridgehead atoms. The van der Waals surface area contributed by atoms with E-state index in [4.69, 9.17) is 4.42 Å². The van der Waals surface area contributed by atoms with Crippen LogP contribution >= 0.6 is 15.9 Å². The molecule has 1 unspecified atom stereocenters. The third-order valence-corrected chi connectivity index (χ3v) is 3.34. The first-order valence-electron chi connectivity index (χ1n) is 6.17. The monoisotopic (exact) mass is 316 g/mol. The Bertz CT molecular complexity index is 339. The molecule has 1 N–H and O–H groups in total. The number of nitrogens with one attached hydrogen (secondary N) is 1. The molecule has 1 aromatic rings. The van der Waals surface area contributed by atoms with Crippen LogP contribution < -0.4 is 5.32 Å². The number of hydrogen-bond donors (Lipinski definition) is 1. The number of amides is 1. The molecule has 102 valence electrons. The Morgan fingerprint density at radius 1 is 1.50 bits per heavy atom. The van der Waals surface area contributed by atoms with Gasteiger partial charge in [-0.05, 0) is 39.1 Å². The molecule has 1 aromatic heterocycles. The highest BCUT2D eigenvalue weighted by molar-refractivity contribution is 9.09. The lowest BCUT2D eigenvalue weighted by Crippen LogP contribution is -2.34. The quantitative estimate of drug-likeness (QED) is 0.592. The maximum Gasteiger partial charge on any atom is 0.220 e. The molecule has 18 heavy (non-hydrogen) atoms. The van der Waals surface area contributed by atoms with Crippen LogP contribution in [0.3, 0.4) is 0 Å². The molecule has 4 nitrogen and oxygen atoms in total. The number of carbonyl (C=O) groups excluding carboxylic acids is 1. The Morgan fingerprint density at radius 3 is 2.83 bits per heavy atom. The molecule has 1 heterocycles. The predicted octanol–water partition coefficient (Wildman–Crippen LogP) is 2.56. The Morgan fingerprint density at radius 2 is 2.28 bits per heavy atom. The molecular formula is C13H21BrN2O2. The molecule has 0 saturated carbocycles. The number of likely N-dealkylation sites (N-methyl/N-ethyl adjacent to an activating group) is 1. The van der Waals surface area contributed by atoms with Gasteiger partial charge in [-0.1, -0.05) is 15.9 Å². The first kappa shape index (κ1) is 15.2. The number of furan rings is 1. The molecule has 0 fully saturated rings. The normalized spacial score (nSPS) is 12.7. The molecule has 0 saturated heterocycles. The molecule has 1 amide bonds. The number of unbranched alkanes of at least 4 members (excludes halogenated alkanes) is 1. The molecule has 0 aromatic carbocycles. The van der Waals surface area contributed by atoms with Crippen LogP contribution in [0.25, 0.3) is 0 Å². The van der Waals surface area contributed by atoms with Gasteiger partial charge in [-0.15, -0.1) is 0 Å². The average Bonchev–Trinajstić information content (AvgIpc) is 2.83. The van der Waals surface area contributed by atoms with Crippen molar-refractivity contribution in [2.45, 2.75) is 25.3 Å². The van der Waals surface area contributed by atoms with Crippen LogP contribution in [0.4, 0.5) is 0 Å². The zero-order valence-electron chi connectivity index (χ0n) is 11.0. The van der Waals surface area contributed by atoms with E-state index >= 15 is 0 Å². The molecular weight excluding hydrogens is 296 g/mol. The van der Waals surface area contributed by atoms with Crippen LogP contribution in [-0.4, -0.2) is 36.8 Å². The number of carbonyl (C=O) groups is 1. The molecule has 1 atom stereocenters. The van der Waals surface area contributed by atoms with Gasteiger partial charge in [0.2, 0.25) is 5.91 Å². The number of hydrogen-bond acceptors (Lipinski definition) is 3. The summed E-state index contributed by atoms with van der Waals surface area (Å²) in [7, 11) is 3.95. The lowest BCUT2D eigenvalue weighted by atomic mass is 10.2. The van der Waals surface area contributed by atoms with Gasteiger partial charge in [0, 0.05) is 18.3 Å². The third kappa shape index (κ3) is 5.23. The highest BCUT2D eigenvalue weighted by Gasteiger charge is 2.17. The minimum absolute atomic E-state index is 0.0834. The number of nitrogens with zero attached hydrogens (tertiary/aromatic N) is 1. The van der Waals surface area contributed by atoms with E-state index in [0.29, 0.717) is 13.0 Å². The van der Waals surface area contributed by atoms with Gasteiger partial charge in [-0.2, -0.15) is 0 Å². The fraction of sp³-hybridized carbons (Fsp3) is 0.615. The average molecular weight is 317 g/mol. The third-order valence-electron chi connectivity index (χ3n) is 2.78. The van der Waals surface area contributed by atoms with E-state index in [-0.39, 0.29) is 11.9 Å². The Balaban J connectivity index is 2.37. The predicted molar refractivity (Wildman–Crippen MR) is 75.8 cm³/mol. The van der Waals surface area contributed by atoms with Crippen molar-refractivity contribution in [2.24, 2.45) is 0 Å². The summed E-state index contributed by atoms with van der Waals surface area (Å²) in [4.78, 5) is 13.7. The van der Waals surface area contributed by atoms with Crippen molar-refractivity contribution in [1.82, 2.24) is 10.2 Å². The SMILES string of the molecule is CN(C)C(CNC(=O)CCCCBr)c1ccco1. The van der Waals surface area contributed by atoms with Crippen molar-refractivity contribution in [3.05, 3.63) is 24.2 Å². The fourth-order valence-electron chi connectivity index (χ4n) is 1.70. The van der Waals surface area contributed by atoms with Crippen LogP contribution in [0, 0.1) is 0 Å². The highest BCUT2D eigenvalue weighted by atomic mass is 79.9. The molecule has 0 aliphatic carbocycles. The zero-order chi connectivity index (χ0) is 13.4. The van der Waals surface area contributed by atoms with Gasteiger partial charge < -0.3 is 9.73 Å². The fourth-order valence-corrected chi connectivity index (χ4v) is 2.09. The first-order valence-corrected chi connectivity index (χ1v) is 7.29. The van der Waals surface area contributed by atoms with E-state index in [9.17, 15) is 4.79 Å². The van der Waals surface area contributed by atoms with E-state index in [1.807, 2.05) is 31.1 Å². The summed E-state index contributed by atoms with van der Waals surface area (Å²) in [6, 6.07) is 3.88. The van der Waals surface area contributed by atoms with Crippen LogP contribution in [0.15, 0.2) is 22.8 Å². The number of alkyl halides is 1. The molecule has 5 heteroatoms. The van der Waals surface area contributed by atoms with Gasteiger partial charge >= 0.3 is 0 Å². The Kier molecular flexibility index (Phi) is 7.05. The van der Waals surface area contributed by atoms with Crippen molar-refractivity contribution >= 4 is 21.8 Å². The van der Waals surface area contributed by atoms with E-state index in [1.165, 1.54) is 0 Å². The van der Waals surface area contributed by atoms with E-state index in [0.717, 1.165) is 23.9 Å². The zero-order valence-corrected chi connectivity index (χ0v) is 12.6. The Hall–Kier alpha value is -0.810. The second-order valence-electron chi connectivity index (χ2n) is 4.44. The summed E-state index contributed by atoms with van der Waals surface area (Å²) >= 11 is 3.36. The second-order valence-corrected chi connectivity index (χ2v) is 5.24. The number of halogens is 1. The summed E-state index contributed by atoms with van der Waals surface area (Å²) in [6.07, 6.45) is 4.20. The summed E-state index contributed by atoms with van der Waals surface area (Å²) < 4.78 is 5.39. The largest absolute Gasteiger partial charge is 0.468 e. The maximum absolute atomic E-state index is 11.6. The van der Waals surface area contributed by atoms with Crippen molar-refractivity contribution < 1.29 is 9.21 Å². The van der Waals surface area contributed by atoms with Crippen molar-refractivity contribution in [3.8, 4) is 0 Å². The van der Waals surface area contributed by atoms with Crippen LogP contribution in [0.5, 0.6) is 0 Å². The van der Waals surface area contributed by atoms with E-state index < -0.39 is 0 Å². The molecule has 0 aliphatic heterocycles. The van der Waals surface area contributed by atoms with Gasteiger partial charge in [0.1, 0.15) is 5.76 Å². The minimum Gasteiger partial charge on any atom is -0.468 e. The molecule has 0 spiro atoms. The van der Waals surface area contributed by atoms with Gasteiger partial charge in [-0.25, -0.2) is 0 Å². The minimum atomic E-state index is 0.0834. The van der Waals surface area contributed by atoms with Crippen LogP contribution in [-0.2, 0) is 4.79 Å². The molecule has 0 radical (unpaired) electrons. The van der Waals surface area contributed by atoms with Crippen molar-refractivity contribution in [3.63, 3.8) is 0 Å². The molecule has 0 aliphatic rings. The van der Waals surface area contributed by atoms with E-state index in [1.54, 1.807) is 6.26 Å². The lowest BCUT2D eigenvalue weighted by molar-refractivity contribution is -0.121. The van der Waals surface area contributed by atoms with Gasteiger partial charge in [0.25, 0.3) is 0 Å². The summed E-state index contributed by atoms with van der Waals surface area (Å²) in [5.74, 6) is 0.982. The summed E-state index contributed by atoms with van der Waals surface area (Å²) in [5, 5.41) is 3.91. The number of rotatable bonds is 8. The highest BCUT2D eigenvalue weighted by Crippen LogP contribution is 2.17. The summed E-state index contributed by atoms with van der Waals surface area (Å²) in [5.41, 5.74) is 0. The van der Waals surface area contributed by atoms with Crippen LogP contribution in [0.2, 0.25) is 0 Å². The van der Waals surface area contributed by atoms with Gasteiger partial charge in [0.05, 0.1) is 12.3 Å². The topological polar surface area (TPSA) is 45.5 Å². The standard InChI is InChI=1S/C13H21BrN2O2/c1-16(2)11(12-6-5-9-18-12)10-15-13(17)7-3-4-8-14/h5-6,9,11H,3-4,7-8,10H2,1-2H3,(H,15,17). The Labute approximate surface area is 117 Å². The molecule has 1 rings (SSSR count). The lowest BCUT2D eigenvalue weighted by Gasteiger charge is -2.22. The first-order chi connectivity index (χ1) is 8.65. The smallest absolute Gasteiger partial charge is 0.220 e. The maximum atomic E-state index is 11.6. The second kappa shape index (κ2) is 8.32. The van der Waals surface area contributed by atoms with Crippen molar-refractivity contribution in [1.29, 1.82) is 0 Å². The van der Waals surface area contributed by atoms with Crippen LogP contribution in [0.1, 0.15) is 31.1 Å². The van der Waals surface area contributed by atoms with Gasteiger partial charge in [0.15, 0.2) is 0 Å². The summed E-state index contributed by atoms with van der Waals surface area (Å²) in [6.45, 7) is 0.577. The van der Waals surface area contributed by atoms with E-state index in [2.05, 4.69) is 21.2 Å². The van der Waals surface area contributed by atoms with Crippen molar-refractivity contribution in [2.75, 3.05) is 26.0 Å².